The number of anilines is 1. The van der Waals surface area contributed by atoms with Crippen LogP contribution in [0.2, 0.25) is 0 Å². The second-order valence-electron chi connectivity index (χ2n) is 4.25. The third kappa shape index (κ3) is 3.33. The van der Waals surface area contributed by atoms with E-state index >= 15 is 0 Å². The summed E-state index contributed by atoms with van der Waals surface area (Å²) in [5.74, 6) is 0.229. The molecule has 1 aliphatic heterocycles. The topological polar surface area (TPSA) is 29.5 Å². The van der Waals surface area contributed by atoms with E-state index in [4.69, 9.17) is 4.74 Å². The van der Waals surface area contributed by atoms with Crippen LogP contribution in [-0.4, -0.2) is 19.1 Å². The first-order valence-electron chi connectivity index (χ1n) is 6.62. The lowest BCUT2D eigenvalue weighted by Crippen LogP contribution is -2.30. The number of hydrogen-bond acceptors (Lipinski definition) is 2. The summed E-state index contributed by atoms with van der Waals surface area (Å²) in [5, 5.41) is 0. The first-order valence-corrected chi connectivity index (χ1v) is 6.62. The smallest absolute Gasteiger partial charge is 0.227 e. The Hall–Kier alpha value is -1.35. The van der Waals surface area contributed by atoms with Gasteiger partial charge in [0.1, 0.15) is 0 Å². The fourth-order valence-electron chi connectivity index (χ4n) is 2.15. The van der Waals surface area contributed by atoms with Gasteiger partial charge < -0.3 is 9.64 Å². The van der Waals surface area contributed by atoms with Gasteiger partial charge in [-0.25, -0.2) is 0 Å². The standard InChI is InChI=1S/C13H17NO2.C2H6/c1-10-3-8-13(15)14(10)12-6-4-11(5-7-12)9-16-2;1-2/h4-7,10H,3,8-9H2,1-2H3;1-2H3. The molecule has 1 fully saturated rings. The van der Waals surface area contributed by atoms with Gasteiger partial charge >= 0.3 is 0 Å². The van der Waals surface area contributed by atoms with Gasteiger partial charge in [0.25, 0.3) is 0 Å². The predicted octanol–water partition coefficient (Wildman–Crippen LogP) is 3.37. The maximum absolute atomic E-state index is 11.7. The zero-order valence-electron chi connectivity index (χ0n) is 11.8. The molecular weight excluding hydrogens is 226 g/mol. The molecule has 0 N–H and O–H groups in total. The maximum Gasteiger partial charge on any atom is 0.227 e. The Kier molecular flexibility index (Phi) is 5.86. The molecule has 2 rings (SSSR count). The van der Waals surface area contributed by atoms with E-state index in [9.17, 15) is 4.79 Å². The first kappa shape index (κ1) is 14.7. The minimum atomic E-state index is 0.229. The number of carbonyl (C=O) groups excluding carboxylic acids is 1. The van der Waals surface area contributed by atoms with Gasteiger partial charge in [-0.2, -0.15) is 0 Å². The van der Waals surface area contributed by atoms with Crippen LogP contribution in [0.5, 0.6) is 0 Å². The van der Waals surface area contributed by atoms with Crippen LogP contribution in [0.25, 0.3) is 0 Å². The van der Waals surface area contributed by atoms with Gasteiger partial charge in [-0.1, -0.05) is 26.0 Å². The van der Waals surface area contributed by atoms with Crippen LogP contribution >= 0.6 is 0 Å². The average Bonchev–Trinajstić information content (AvgIpc) is 2.73. The molecular formula is C15H23NO2. The van der Waals surface area contributed by atoms with Gasteiger partial charge in [0.15, 0.2) is 0 Å². The normalized spacial score (nSPS) is 18.6. The zero-order valence-corrected chi connectivity index (χ0v) is 11.8. The lowest BCUT2D eigenvalue weighted by molar-refractivity contribution is -0.117. The fourth-order valence-corrected chi connectivity index (χ4v) is 2.15. The Morgan fingerprint density at radius 3 is 2.33 bits per heavy atom. The van der Waals surface area contributed by atoms with Crippen molar-refractivity contribution >= 4 is 11.6 Å². The summed E-state index contributed by atoms with van der Waals surface area (Å²) in [6.45, 7) is 6.71. The lowest BCUT2D eigenvalue weighted by Gasteiger charge is -2.21. The van der Waals surface area contributed by atoms with E-state index in [0.29, 0.717) is 19.1 Å². The third-order valence-corrected chi connectivity index (χ3v) is 3.01. The van der Waals surface area contributed by atoms with Crippen molar-refractivity contribution in [1.29, 1.82) is 0 Å². The Balaban J connectivity index is 0.000000771. The number of benzene rings is 1. The van der Waals surface area contributed by atoms with Crippen molar-refractivity contribution < 1.29 is 9.53 Å². The average molecular weight is 249 g/mol. The summed E-state index contributed by atoms with van der Waals surface area (Å²) >= 11 is 0. The largest absolute Gasteiger partial charge is 0.380 e. The van der Waals surface area contributed by atoms with E-state index < -0.39 is 0 Å². The second-order valence-corrected chi connectivity index (χ2v) is 4.25. The number of ether oxygens (including phenoxy) is 1. The van der Waals surface area contributed by atoms with E-state index in [1.54, 1.807) is 7.11 Å². The van der Waals surface area contributed by atoms with Crippen molar-refractivity contribution in [3.63, 3.8) is 0 Å². The van der Waals surface area contributed by atoms with E-state index in [0.717, 1.165) is 17.7 Å². The van der Waals surface area contributed by atoms with Crippen LogP contribution < -0.4 is 4.90 Å². The number of nitrogens with zero attached hydrogens (tertiary/aromatic N) is 1. The molecule has 1 saturated heterocycles. The monoisotopic (exact) mass is 249 g/mol. The molecule has 0 spiro atoms. The minimum Gasteiger partial charge on any atom is -0.380 e. The summed E-state index contributed by atoms with van der Waals surface area (Å²) in [6, 6.07) is 8.33. The van der Waals surface area contributed by atoms with Crippen LogP contribution in [0.3, 0.4) is 0 Å². The minimum absolute atomic E-state index is 0.229. The molecule has 0 aromatic heterocycles. The van der Waals surface area contributed by atoms with Gasteiger partial charge in [-0.05, 0) is 31.0 Å². The highest BCUT2D eigenvalue weighted by atomic mass is 16.5. The van der Waals surface area contributed by atoms with Gasteiger partial charge in [0, 0.05) is 25.3 Å². The molecule has 1 amide bonds. The number of methoxy groups -OCH3 is 1. The SMILES string of the molecule is CC.COCc1ccc(N2C(=O)CCC2C)cc1. The second kappa shape index (κ2) is 7.17. The number of rotatable bonds is 3. The molecule has 0 radical (unpaired) electrons. The predicted molar refractivity (Wildman–Crippen MR) is 74.7 cm³/mol. The van der Waals surface area contributed by atoms with Crippen molar-refractivity contribution in [2.24, 2.45) is 0 Å². The summed E-state index contributed by atoms with van der Waals surface area (Å²) in [6.07, 6.45) is 1.62. The molecule has 1 aliphatic rings. The van der Waals surface area contributed by atoms with Crippen molar-refractivity contribution in [1.82, 2.24) is 0 Å². The molecule has 0 bridgehead atoms. The molecule has 1 aromatic carbocycles. The summed E-state index contributed by atoms with van der Waals surface area (Å²) in [7, 11) is 1.68. The highest BCUT2D eigenvalue weighted by molar-refractivity contribution is 5.96. The maximum atomic E-state index is 11.7. The van der Waals surface area contributed by atoms with Gasteiger partial charge in [0.05, 0.1) is 6.61 Å². The Bertz CT molecular complexity index is 373. The molecule has 0 aliphatic carbocycles. The van der Waals surface area contributed by atoms with Gasteiger partial charge in [-0.3, -0.25) is 4.79 Å². The summed E-state index contributed by atoms with van der Waals surface area (Å²) in [4.78, 5) is 13.6. The number of amides is 1. The lowest BCUT2D eigenvalue weighted by atomic mass is 10.2. The van der Waals surface area contributed by atoms with Crippen LogP contribution in [0.1, 0.15) is 39.2 Å². The first-order chi connectivity index (χ1) is 8.72. The van der Waals surface area contributed by atoms with Crippen molar-refractivity contribution in [3.05, 3.63) is 29.8 Å². The quantitative estimate of drug-likeness (QED) is 0.822. The Morgan fingerprint density at radius 1 is 1.28 bits per heavy atom. The van der Waals surface area contributed by atoms with E-state index in [1.165, 1.54) is 0 Å². The van der Waals surface area contributed by atoms with Crippen molar-refractivity contribution in [3.8, 4) is 0 Å². The number of hydrogen-bond donors (Lipinski definition) is 0. The molecule has 3 nitrogen and oxygen atoms in total. The molecule has 1 atom stereocenters. The van der Waals surface area contributed by atoms with Crippen molar-refractivity contribution in [2.45, 2.75) is 46.3 Å². The fraction of sp³-hybridized carbons (Fsp3) is 0.533. The van der Waals surface area contributed by atoms with E-state index in [-0.39, 0.29) is 5.91 Å². The van der Waals surface area contributed by atoms with E-state index in [2.05, 4.69) is 6.92 Å². The summed E-state index contributed by atoms with van der Waals surface area (Å²) in [5.41, 5.74) is 2.13. The highest BCUT2D eigenvalue weighted by Gasteiger charge is 2.28. The molecule has 1 unspecified atom stereocenters. The highest BCUT2D eigenvalue weighted by Crippen LogP contribution is 2.26. The number of carbonyl (C=O) groups is 1. The Labute approximate surface area is 110 Å². The third-order valence-electron chi connectivity index (χ3n) is 3.01. The molecule has 0 saturated carbocycles. The van der Waals surface area contributed by atoms with Crippen LogP contribution in [0.15, 0.2) is 24.3 Å². The van der Waals surface area contributed by atoms with Crippen LogP contribution in [0.4, 0.5) is 5.69 Å². The molecule has 1 heterocycles. The van der Waals surface area contributed by atoms with Crippen molar-refractivity contribution in [2.75, 3.05) is 12.0 Å². The molecule has 3 heteroatoms. The zero-order chi connectivity index (χ0) is 13.5. The molecule has 1 aromatic rings. The Morgan fingerprint density at radius 2 is 1.89 bits per heavy atom. The van der Waals surface area contributed by atoms with Crippen LogP contribution in [-0.2, 0) is 16.1 Å². The van der Waals surface area contributed by atoms with Crippen LogP contribution in [0, 0.1) is 0 Å². The van der Waals surface area contributed by atoms with E-state index in [1.807, 2.05) is 43.0 Å². The van der Waals surface area contributed by atoms with Gasteiger partial charge in [0.2, 0.25) is 5.91 Å². The molecule has 100 valence electrons. The van der Waals surface area contributed by atoms with Gasteiger partial charge in [-0.15, -0.1) is 0 Å². The molecule has 18 heavy (non-hydrogen) atoms. The summed E-state index contributed by atoms with van der Waals surface area (Å²) < 4.78 is 5.05.